The van der Waals surface area contributed by atoms with E-state index in [9.17, 15) is 9.59 Å². The first-order valence-electron chi connectivity index (χ1n) is 10.5. The van der Waals surface area contributed by atoms with Crippen molar-refractivity contribution in [2.45, 2.75) is 63.5 Å². The Kier molecular flexibility index (Phi) is 7.11. The Balaban J connectivity index is 1.83. The smallest absolute Gasteiger partial charge is 0.407 e. The lowest BCUT2D eigenvalue weighted by Crippen LogP contribution is -2.45. The summed E-state index contributed by atoms with van der Waals surface area (Å²) in [5.41, 5.74) is 8.50. The monoisotopic (exact) mass is 458 g/mol. The summed E-state index contributed by atoms with van der Waals surface area (Å²) in [5.74, 6) is 0.158. The van der Waals surface area contributed by atoms with Crippen LogP contribution in [-0.4, -0.2) is 28.0 Å². The highest BCUT2D eigenvalue weighted by Gasteiger charge is 2.38. The van der Waals surface area contributed by atoms with Crippen molar-refractivity contribution < 1.29 is 9.53 Å². The topological polar surface area (TPSA) is 122 Å². The predicted molar refractivity (Wildman–Crippen MR) is 122 cm³/mol. The molecule has 3 rings (SSSR count). The van der Waals surface area contributed by atoms with Gasteiger partial charge in [-0.3, -0.25) is 4.79 Å². The second-order valence-electron chi connectivity index (χ2n) is 9.04. The molecule has 10 heteroatoms. The van der Waals surface area contributed by atoms with Gasteiger partial charge in [0.1, 0.15) is 11.4 Å². The molecular weight excluding hydrogens is 432 g/mol. The van der Waals surface area contributed by atoms with Gasteiger partial charge in [0.05, 0.1) is 6.04 Å². The molecule has 0 aliphatic heterocycles. The molecule has 0 unspecified atom stereocenters. The van der Waals surface area contributed by atoms with Crippen molar-refractivity contribution in [1.29, 1.82) is 0 Å². The number of ether oxygens (including phenoxy) is 1. The first kappa shape index (κ1) is 23.6. The number of aromatic nitrogens is 2. The van der Waals surface area contributed by atoms with Crippen LogP contribution in [-0.2, 0) is 10.2 Å². The van der Waals surface area contributed by atoms with Crippen molar-refractivity contribution in [1.82, 2.24) is 15.1 Å². The third-order valence-corrected chi connectivity index (χ3v) is 5.86. The molecule has 1 saturated carbocycles. The van der Waals surface area contributed by atoms with Crippen LogP contribution < -0.4 is 10.9 Å². The van der Waals surface area contributed by atoms with Crippen molar-refractivity contribution in [2.75, 3.05) is 6.54 Å². The third kappa shape index (κ3) is 5.81. The van der Waals surface area contributed by atoms with Crippen molar-refractivity contribution in [3.63, 3.8) is 0 Å². The molecule has 1 aromatic heterocycles. The molecule has 1 aromatic carbocycles. The average molecular weight is 459 g/mol. The van der Waals surface area contributed by atoms with Crippen LogP contribution in [0.4, 0.5) is 10.6 Å². The molecule has 9 nitrogen and oxygen atoms in total. The third-order valence-electron chi connectivity index (χ3n) is 5.62. The van der Waals surface area contributed by atoms with Gasteiger partial charge in [0.25, 0.3) is 5.56 Å². The normalized spacial score (nSPS) is 20.8. The molecule has 1 amide bonds. The number of rotatable bonds is 5. The molecule has 0 spiro atoms. The van der Waals surface area contributed by atoms with Crippen LogP contribution in [0.15, 0.2) is 46.3 Å². The zero-order valence-electron chi connectivity index (χ0n) is 18.4. The molecule has 1 aliphatic rings. The molecule has 1 heterocycles. The number of amides is 1. The summed E-state index contributed by atoms with van der Waals surface area (Å²) in [6.45, 7) is 5.84. The molecule has 0 radical (unpaired) electrons. The molecule has 0 bridgehead atoms. The quantitative estimate of drug-likeness (QED) is 0.365. The number of nitrogens with one attached hydrogen (secondary N) is 1. The van der Waals surface area contributed by atoms with Gasteiger partial charge in [-0.2, -0.15) is 5.10 Å². The molecule has 170 valence electrons. The van der Waals surface area contributed by atoms with Gasteiger partial charge in [0.2, 0.25) is 0 Å². The highest BCUT2D eigenvalue weighted by molar-refractivity contribution is 6.30. The zero-order chi connectivity index (χ0) is 23.4. The largest absolute Gasteiger partial charge is 0.444 e. The average Bonchev–Trinajstić information content (AvgIpc) is 2.73. The van der Waals surface area contributed by atoms with E-state index < -0.39 is 11.7 Å². The lowest BCUT2D eigenvalue weighted by molar-refractivity contribution is 0.0504. The Morgan fingerprint density at radius 1 is 1.34 bits per heavy atom. The first-order valence-corrected chi connectivity index (χ1v) is 10.9. The van der Waals surface area contributed by atoms with Crippen LogP contribution >= 0.6 is 11.6 Å². The van der Waals surface area contributed by atoms with Crippen molar-refractivity contribution >= 4 is 23.5 Å². The SMILES string of the molecule is CC(C)(C)OC(=O)NCC1(c2cccc(Cl)c2)CCC(n2nc(N=[N+]=[N-])ccc2=O)CC1. The number of hydrogen-bond acceptors (Lipinski definition) is 5. The van der Waals surface area contributed by atoms with Crippen LogP contribution in [0.25, 0.3) is 10.4 Å². The van der Waals surface area contributed by atoms with Gasteiger partial charge in [-0.05, 0) is 80.9 Å². The van der Waals surface area contributed by atoms with E-state index >= 15 is 0 Å². The van der Waals surface area contributed by atoms with E-state index in [0.29, 0.717) is 37.3 Å². The maximum absolute atomic E-state index is 12.4. The lowest BCUT2D eigenvalue weighted by Gasteiger charge is -2.41. The summed E-state index contributed by atoms with van der Waals surface area (Å²) in [5, 5.41) is 11.3. The number of azide groups is 1. The van der Waals surface area contributed by atoms with Crippen LogP contribution in [0.3, 0.4) is 0 Å². The molecule has 0 atom stereocenters. The minimum absolute atomic E-state index is 0.134. The van der Waals surface area contributed by atoms with Gasteiger partial charge >= 0.3 is 6.09 Å². The number of hydrogen-bond donors (Lipinski definition) is 1. The van der Waals surface area contributed by atoms with E-state index in [0.717, 1.165) is 5.56 Å². The van der Waals surface area contributed by atoms with Crippen LogP contribution in [0, 0.1) is 0 Å². The molecule has 2 aromatic rings. The Hall–Kier alpha value is -3.03. The molecule has 1 fully saturated rings. The minimum atomic E-state index is -0.589. The van der Waals surface area contributed by atoms with Crippen LogP contribution in [0.2, 0.25) is 5.02 Å². The second kappa shape index (κ2) is 9.63. The van der Waals surface area contributed by atoms with Crippen molar-refractivity contribution in [3.8, 4) is 0 Å². The molecule has 32 heavy (non-hydrogen) atoms. The fraction of sp³-hybridized carbons (Fsp3) is 0.500. The van der Waals surface area contributed by atoms with Gasteiger partial charge in [-0.15, -0.1) is 0 Å². The summed E-state index contributed by atoms with van der Waals surface area (Å²) in [4.78, 5) is 27.4. The first-order chi connectivity index (χ1) is 15.1. The summed E-state index contributed by atoms with van der Waals surface area (Å²) < 4.78 is 6.80. The Morgan fingerprint density at radius 3 is 2.69 bits per heavy atom. The number of alkyl carbamates (subject to hydrolysis) is 1. The number of carbonyl (C=O) groups excluding carboxylic acids is 1. The van der Waals surface area contributed by atoms with E-state index in [4.69, 9.17) is 21.9 Å². The fourth-order valence-corrected chi connectivity index (χ4v) is 4.31. The number of nitrogens with zero attached hydrogens (tertiary/aromatic N) is 5. The van der Waals surface area contributed by atoms with Crippen molar-refractivity contribution in [2.24, 2.45) is 5.11 Å². The van der Waals surface area contributed by atoms with Crippen LogP contribution in [0.1, 0.15) is 58.1 Å². The van der Waals surface area contributed by atoms with Gasteiger partial charge in [-0.1, -0.05) is 23.7 Å². The predicted octanol–water partition coefficient (Wildman–Crippen LogP) is 5.42. The summed E-state index contributed by atoms with van der Waals surface area (Å²) in [7, 11) is 0. The van der Waals surface area contributed by atoms with Gasteiger partial charge in [-0.25, -0.2) is 9.48 Å². The molecule has 0 saturated heterocycles. The molecule has 1 N–H and O–H groups in total. The molecule has 1 aliphatic carbocycles. The molecular formula is C22H27ClN6O3. The van der Waals surface area contributed by atoms with Gasteiger partial charge < -0.3 is 10.1 Å². The fourth-order valence-electron chi connectivity index (χ4n) is 4.12. The second-order valence-corrected chi connectivity index (χ2v) is 9.48. The van der Waals surface area contributed by atoms with E-state index in [1.165, 1.54) is 16.8 Å². The highest BCUT2D eigenvalue weighted by atomic mass is 35.5. The summed E-state index contributed by atoms with van der Waals surface area (Å²) in [6.07, 6.45) is 2.26. The van der Waals surface area contributed by atoms with E-state index in [1.807, 2.05) is 45.0 Å². The number of carbonyl (C=O) groups is 1. The maximum atomic E-state index is 12.4. The highest BCUT2D eigenvalue weighted by Crippen LogP contribution is 2.43. The van der Waals surface area contributed by atoms with Crippen molar-refractivity contribution in [3.05, 3.63) is 67.8 Å². The van der Waals surface area contributed by atoms with Gasteiger partial charge in [0, 0.05) is 28.0 Å². The Morgan fingerprint density at radius 2 is 2.06 bits per heavy atom. The Labute approximate surface area is 191 Å². The number of halogens is 1. The number of benzene rings is 1. The standard InChI is InChI=1S/C22H27ClN6O3/c1-21(2,3)32-20(31)25-14-22(15-5-4-6-16(23)13-15)11-9-17(10-12-22)29-19(30)8-7-18(27-29)26-28-24/h4-8,13,17H,9-12,14H2,1-3H3,(H,25,31). The van der Waals surface area contributed by atoms with Crippen LogP contribution in [0.5, 0.6) is 0 Å². The van der Waals surface area contributed by atoms with Gasteiger partial charge in [0.15, 0.2) is 0 Å². The lowest BCUT2D eigenvalue weighted by atomic mass is 9.68. The zero-order valence-corrected chi connectivity index (χ0v) is 19.2. The van der Waals surface area contributed by atoms with E-state index in [2.05, 4.69) is 20.4 Å². The van der Waals surface area contributed by atoms with E-state index in [1.54, 1.807) is 0 Å². The summed E-state index contributed by atoms with van der Waals surface area (Å²) >= 11 is 6.26. The minimum Gasteiger partial charge on any atom is -0.444 e. The maximum Gasteiger partial charge on any atom is 0.407 e. The summed E-state index contributed by atoms with van der Waals surface area (Å²) in [6, 6.07) is 10.3. The van der Waals surface area contributed by atoms with E-state index in [-0.39, 0.29) is 22.8 Å². The Bertz CT molecular complexity index is 1080.